The lowest BCUT2D eigenvalue weighted by Gasteiger charge is -2.16. The van der Waals surface area contributed by atoms with Gasteiger partial charge in [0.25, 0.3) is 5.56 Å². The lowest BCUT2D eigenvalue weighted by Crippen LogP contribution is -2.23. The summed E-state index contributed by atoms with van der Waals surface area (Å²) < 4.78 is 6.50. The van der Waals surface area contributed by atoms with Crippen LogP contribution in [0.4, 0.5) is 0 Å². The Hall–Kier alpha value is -1.85. The average molecular weight is 280 g/mol. The lowest BCUT2D eigenvalue weighted by molar-refractivity contribution is 0.407. The molecule has 0 aliphatic rings. The van der Waals surface area contributed by atoms with Crippen molar-refractivity contribution in [2.45, 2.75) is 6.04 Å². The standard InChI is InChI=1S/C13H14ClN3O2/c1-17-12(18)6-4-10(16-17)13(15)9-7-8(14)3-5-11(9)19-2/h3-7,13H,15H2,1-2H3. The van der Waals surface area contributed by atoms with Crippen molar-refractivity contribution < 1.29 is 4.74 Å². The first-order valence-electron chi connectivity index (χ1n) is 5.66. The van der Waals surface area contributed by atoms with E-state index in [9.17, 15) is 4.79 Å². The van der Waals surface area contributed by atoms with E-state index in [0.29, 0.717) is 16.5 Å². The molecule has 0 fully saturated rings. The number of halogens is 1. The summed E-state index contributed by atoms with van der Waals surface area (Å²) in [7, 11) is 3.14. The SMILES string of the molecule is COc1ccc(Cl)cc1C(N)c1ccc(=O)n(C)n1. The number of aryl methyl sites for hydroxylation is 1. The molecule has 1 aromatic heterocycles. The highest BCUT2D eigenvalue weighted by Crippen LogP contribution is 2.29. The second kappa shape index (κ2) is 5.42. The molecule has 0 bridgehead atoms. The van der Waals surface area contributed by atoms with Crippen LogP contribution in [0.3, 0.4) is 0 Å². The molecular formula is C13H14ClN3O2. The molecule has 19 heavy (non-hydrogen) atoms. The number of benzene rings is 1. The third kappa shape index (κ3) is 2.77. The van der Waals surface area contributed by atoms with Gasteiger partial charge in [0, 0.05) is 23.7 Å². The molecule has 1 unspecified atom stereocenters. The molecule has 5 nitrogen and oxygen atoms in total. The molecule has 6 heteroatoms. The molecule has 1 aromatic carbocycles. The van der Waals surface area contributed by atoms with E-state index < -0.39 is 6.04 Å². The van der Waals surface area contributed by atoms with Gasteiger partial charge >= 0.3 is 0 Å². The van der Waals surface area contributed by atoms with E-state index >= 15 is 0 Å². The molecule has 0 saturated carbocycles. The minimum Gasteiger partial charge on any atom is -0.496 e. The highest BCUT2D eigenvalue weighted by Gasteiger charge is 2.16. The van der Waals surface area contributed by atoms with Gasteiger partial charge in [-0.3, -0.25) is 4.79 Å². The van der Waals surface area contributed by atoms with Gasteiger partial charge in [-0.15, -0.1) is 0 Å². The van der Waals surface area contributed by atoms with E-state index in [-0.39, 0.29) is 5.56 Å². The Kier molecular flexibility index (Phi) is 3.87. The van der Waals surface area contributed by atoms with E-state index in [4.69, 9.17) is 22.1 Å². The van der Waals surface area contributed by atoms with Crippen LogP contribution in [0, 0.1) is 0 Å². The summed E-state index contributed by atoms with van der Waals surface area (Å²) in [5, 5.41) is 4.70. The van der Waals surface area contributed by atoms with Gasteiger partial charge in [0.2, 0.25) is 0 Å². The molecule has 100 valence electrons. The maximum absolute atomic E-state index is 11.3. The van der Waals surface area contributed by atoms with Gasteiger partial charge in [-0.2, -0.15) is 5.10 Å². The summed E-state index contributed by atoms with van der Waals surface area (Å²) in [4.78, 5) is 11.3. The molecule has 0 aliphatic carbocycles. The maximum Gasteiger partial charge on any atom is 0.266 e. The zero-order valence-corrected chi connectivity index (χ0v) is 11.4. The molecule has 0 amide bonds. The van der Waals surface area contributed by atoms with Crippen molar-refractivity contribution in [3.63, 3.8) is 0 Å². The van der Waals surface area contributed by atoms with Crippen LogP contribution < -0.4 is 16.0 Å². The van der Waals surface area contributed by atoms with E-state index in [2.05, 4.69) is 5.10 Å². The quantitative estimate of drug-likeness (QED) is 0.924. The largest absolute Gasteiger partial charge is 0.496 e. The summed E-state index contributed by atoms with van der Waals surface area (Å²) >= 11 is 5.98. The van der Waals surface area contributed by atoms with E-state index in [1.165, 1.54) is 10.7 Å². The molecule has 0 aliphatic heterocycles. The molecule has 0 spiro atoms. The van der Waals surface area contributed by atoms with Crippen molar-refractivity contribution in [1.29, 1.82) is 0 Å². The van der Waals surface area contributed by atoms with Crippen LogP contribution in [0.5, 0.6) is 5.75 Å². The van der Waals surface area contributed by atoms with E-state index in [0.717, 1.165) is 5.56 Å². The number of ether oxygens (including phenoxy) is 1. The lowest BCUT2D eigenvalue weighted by atomic mass is 10.0. The fourth-order valence-corrected chi connectivity index (χ4v) is 1.97. The van der Waals surface area contributed by atoms with Crippen molar-refractivity contribution >= 4 is 11.6 Å². The third-order valence-electron chi connectivity index (χ3n) is 2.83. The maximum atomic E-state index is 11.3. The number of aromatic nitrogens is 2. The van der Waals surface area contributed by atoms with Crippen LogP contribution in [0.1, 0.15) is 17.3 Å². The summed E-state index contributed by atoms with van der Waals surface area (Å²) in [6.07, 6.45) is 0. The van der Waals surface area contributed by atoms with Crippen LogP contribution in [-0.4, -0.2) is 16.9 Å². The van der Waals surface area contributed by atoms with Gasteiger partial charge in [-0.05, 0) is 24.3 Å². The number of nitrogens with zero attached hydrogens (tertiary/aromatic N) is 2. The predicted molar refractivity (Wildman–Crippen MR) is 73.5 cm³/mol. The van der Waals surface area contributed by atoms with Crippen molar-refractivity contribution in [2.75, 3.05) is 7.11 Å². The molecule has 1 heterocycles. The highest BCUT2D eigenvalue weighted by molar-refractivity contribution is 6.30. The first-order chi connectivity index (χ1) is 9.02. The fraction of sp³-hybridized carbons (Fsp3) is 0.231. The molecule has 0 radical (unpaired) electrons. The Morgan fingerprint density at radius 1 is 1.37 bits per heavy atom. The van der Waals surface area contributed by atoms with Gasteiger partial charge in [-0.1, -0.05) is 11.6 Å². The van der Waals surface area contributed by atoms with Gasteiger partial charge < -0.3 is 10.5 Å². The van der Waals surface area contributed by atoms with Crippen LogP contribution in [-0.2, 0) is 7.05 Å². The summed E-state index contributed by atoms with van der Waals surface area (Å²) in [5.41, 5.74) is 7.27. The first kappa shape index (κ1) is 13.6. The number of methoxy groups -OCH3 is 1. The number of hydrogen-bond acceptors (Lipinski definition) is 4. The Balaban J connectivity index is 2.48. The van der Waals surface area contributed by atoms with Gasteiger partial charge in [0.1, 0.15) is 5.75 Å². The van der Waals surface area contributed by atoms with Crippen molar-refractivity contribution in [2.24, 2.45) is 12.8 Å². The summed E-state index contributed by atoms with van der Waals surface area (Å²) in [6, 6.07) is 7.73. The summed E-state index contributed by atoms with van der Waals surface area (Å²) in [6.45, 7) is 0. The Morgan fingerprint density at radius 3 is 2.74 bits per heavy atom. The molecule has 1 atom stereocenters. The first-order valence-corrected chi connectivity index (χ1v) is 6.04. The zero-order valence-electron chi connectivity index (χ0n) is 10.6. The average Bonchev–Trinajstić information content (AvgIpc) is 2.41. The van der Waals surface area contributed by atoms with E-state index in [1.807, 2.05) is 0 Å². The minimum absolute atomic E-state index is 0.186. The van der Waals surface area contributed by atoms with Crippen molar-refractivity contribution in [3.05, 3.63) is 57.0 Å². The van der Waals surface area contributed by atoms with Gasteiger partial charge in [-0.25, -0.2) is 4.68 Å². The van der Waals surface area contributed by atoms with Crippen LogP contribution >= 0.6 is 11.6 Å². The highest BCUT2D eigenvalue weighted by atomic mass is 35.5. The molecule has 2 aromatic rings. The predicted octanol–water partition coefficient (Wildman–Crippen LogP) is 1.49. The Morgan fingerprint density at radius 2 is 2.11 bits per heavy atom. The molecule has 2 rings (SSSR count). The van der Waals surface area contributed by atoms with Crippen LogP contribution in [0.15, 0.2) is 35.1 Å². The summed E-state index contributed by atoms with van der Waals surface area (Å²) in [5.74, 6) is 0.632. The third-order valence-corrected chi connectivity index (χ3v) is 3.06. The molecular weight excluding hydrogens is 266 g/mol. The topological polar surface area (TPSA) is 70.1 Å². The van der Waals surface area contributed by atoms with Gasteiger partial charge in [0.05, 0.1) is 18.8 Å². The monoisotopic (exact) mass is 279 g/mol. The van der Waals surface area contributed by atoms with E-state index in [1.54, 1.807) is 38.4 Å². The van der Waals surface area contributed by atoms with Crippen molar-refractivity contribution in [3.8, 4) is 5.75 Å². The number of rotatable bonds is 3. The molecule has 2 N–H and O–H groups in total. The smallest absolute Gasteiger partial charge is 0.266 e. The van der Waals surface area contributed by atoms with Crippen LogP contribution in [0.2, 0.25) is 5.02 Å². The zero-order chi connectivity index (χ0) is 14.0. The minimum atomic E-state index is -0.513. The second-order valence-corrected chi connectivity index (χ2v) is 4.52. The van der Waals surface area contributed by atoms with Crippen molar-refractivity contribution in [1.82, 2.24) is 9.78 Å². The Bertz CT molecular complexity index is 655. The Labute approximate surface area is 115 Å². The normalized spacial score (nSPS) is 12.2. The second-order valence-electron chi connectivity index (χ2n) is 4.08. The number of nitrogens with two attached hydrogens (primary N) is 1. The van der Waals surface area contributed by atoms with Crippen LogP contribution in [0.25, 0.3) is 0 Å². The van der Waals surface area contributed by atoms with Gasteiger partial charge in [0.15, 0.2) is 0 Å². The fourth-order valence-electron chi connectivity index (χ4n) is 1.79. The number of hydrogen-bond donors (Lipinski definition) is 1. The molecule has 0 saturated heterocycles.